The second-order valence-corrected chi connectivity index (χ2v) is 4.65. The molecule has 3 nitrogen and oxygen atoms in total. The third kappa shape index (κ3) is 2.91. The molecule has 1 fully saturated rings. The molecule has 1 atom stereocenters. The van der Waals surface area contributed by atoms with E-state index >= 15 is 0 Å². The van der Waals surface area contributed by atoms with Crippen molar-refractivity contribution in [1.82, 2.24) is 5.32 Å². The molecule has 18 heavy (non-hydrogen) atoms. The summed E-state index contributed by atoms with van der Waals surface area (Å²) in [5.74, 6) is 0.462. The van der Waals surface area contributed by atoms with E-state index in [0.717, 1.165) is 12.1 Å². The van der Waals surface area contributed by atoms with Crippen LogP contribution in [0, 0.1) is 0 Å². The number of benzene rings is 1. The van der Waals surface area contributed by atoms with Crippen molar-refractivity contribution in [3.8, 4) is 0 Å². The van der Waals surface area contributed by atoms with Crippen LogP contribution in [0.5, 0.6) is 0 Å². The lowest BCUT2D eigenvalue weighted by Crippen LogP contribution is -2.30. The van der Waals surface area contributed by atoms with Gasteiger partial charge in [0.05, 0.1) is 6.61 Å². The minimum absolute atomic E-state index is 0.174. The van der Waals surface area contributed by atoms with Crippen molar-refractivity contribution in [1.29, 1.82) is 0 Å². The van der Waals surface area contributed by atoms with E-state index < -0.39 is 0 Å². The van der Waals surface area contributed by atoms with Crippen molar-refractivity contribution in [3.05, 3.63) is 35.4 Å². The first-order valence-corrected chi connectivity index (χ1v) is 6.76. The summed E-state index contributed by atoms with van der Waals surface area (Å²) in [5, 5.41) is 3.23. The van der Waals surface area contributed by atoms with Crippen molar-refractivity contribution >= 4 is 5.97 Å². The predicted octanol–water partition coefficient (Wildman–Crippen LogP) is 2.78. The molecule has 0 aromatic heterocycles. The predicted molar refractivity (Wildman–Crippen MR) is 71.5 cm³/mol. The van der Waals surface area contributed by atoms with Gasteiger partial charge in [-0.2, -0.15) is 0 Å². The standard InChI is InChI=1S/C15H21NO2/c1-3-16-14(15(17)18-4-2)13-8-6-5-7-12(13)11-9-10-11/h5-8,11,14,16H,3-4,9-10H2,1-2H3. The number of likely N-dealkylation sites (N-methyl/N-ethyl adjacent to an activating group) is 1. The lowest BCUT2D eigenvalue weighted by atomic mass is 9.97. The molecule has 3 heteroatoms. The molecule has 0 heterocycles. The fourth-order valence-electron chi connectivity index (χ4n) is 2.29. The Kier molecular flexibility index (Phi) is 4.37. The first-order chi connectivity index (χ1) is 8.77. The Hall–Kier alpha value is -1.35. The second kappa shape index (κ2) is 6.01. The van der Waals surface area contributed by atoms with Gasteiger partial charge in [0.25, 0.3) is 0 Å². The largest absolute Gasteiger partial charge is 0.465 e. The number of carbonyl (C=O) groups is 1. The van der Waals surface area contributed by atoms with Crippen molar-refractivity contribution in [3.63, 3.8) is 0 Å². The van der Waals surface area contributed by atoms with Crippen LogP contribution in [-0.4, -0.2) is 19.1 Å². The van der Waals surface area contributed by atoms with E-state index in [9.17, 15) is 4.79 Å². The lowest BCUT2D eigenvalue weighted by molar-refractivity contribution is -0.145. The highest BCUT2D eigenvalue weighted by Gasteiger charge is 2.30. The quantitative estimate of drug-likeness (QED) is 0.786. The molecule has 1 saturated carbocycles. The van der Waals surface area contributed by atoms with Gasteiger partial charge in [-0.15, -0.1) is 0 Å². The monoisotopic (exact) mass is 247 g/mol. The molecule has 2 rings (SSSR count). The molecule has 1 aromatic carbocycles. The maximum absolute atomic E-state index is 12.0. The zero-order chi connectivity index (χ0) is 13.0. The second-order valence-electron chi connectivity index (χ2n) is 4.65. The van der Waals surface area contributed by atoms with Gasteiger partial charge in [-0.25, -0.2) is 4.79 Å². The van der Waals surface area contributed by atoms with E-state index in [0.29, 0.717) is 12.5 Å². The van der Waals surface area contributed by atoms with Crippen LogP contribution in [0.25, 0.3) is 0 Å². The molecule has 1 unspecified atom stereocenters. The molecule has 0 amide bonds. The molecule has 0 saturated heterocycles. The number of hydrogen-bond acceptors (Lipinski definition) is 3. The SMILES string of the molecule is CCNC(C(=O)OCC)c1ccccc1C1CC1. The number of esters is 1. The van der Waals surface area contributed by atoms with Gasteiger partial charge in [0.2, 0.25) is 0 Å². The molecule has 0 aliphatic heterocycles. The fourth-order valence-corrected chi connectivity index (χ4v) is 2.29. The highest BCUT2D eigenvalue weighted by atomic mass is 16.5. The Balaban J connectivity index is 2.26. The Bertz CT molecular complexity index is 413. The third-order valence-corrected chi connectivity index (χ3v) is 3.25. The van der Waals surface area contributed by atoms with Crippen LogP contribution in [0.3, 0.4) is 0 Å². The number of ether oxygens (including phenoxy) is 1. The summed E-state index contributed by atoms with van der Waals surface area (Å²) < 4.78 is 5.16. The molecule has 1 aliphatic carbocycles. The van der Waals surface area contributed by atoms with Crippen molar-refractivity contribution < 1.29 is 9.53 Å². The summed E-state index contributed by atoms with van der Waals surface area (Å²) in [6, 6.07) is 7.89. The van der Waals surface area contributed by atoms with E-state index in [1.807, 2.05) is 32.0 Å². The normalized spacial score (nSPS) is 16.3. The van der Waals surface area contributed by atoms with Crippen molar-refractivity contribution in [2.24, 2.45) is 0 Å². The van der Waals surface area contributed by atoms with Gasteiger partial charge in [0.1, 0.15) is 6.04 Å². The maximum atomic E-state index is 12.0. The molecule has 98 valence electrons. The summed E-state index contributed by atoms with van der Waals surface area (Å²) in [5.41, 5.74) is 2.39. The minimum atomic E-state index is -0.327. The van der Waals surface area contributed by atoms with Gasteiger partial charge in [-0.3, -0.25) is 0 Å². The van der Waals surface area contributed by atoms with E-state index in [4.69, 9.17) is 4.74 Å². The molecule has 0 bridgehead atoms. The van der Waals surface area contributed by atoms with Gasteiger partial charge in [0, 0.05) is 0 Å². The van der Waals surface area contributed by atoms with Crippen LogP contribution in [0.4, 0.5) is 0 Å². The number of rotatable bonds is 6. The van der Waals surface area contributed by atoms with Gasteiger partial charge in [-0.05, 0) is 43.4 Å². The van der Waals surface area contributed by atoms with E-state index in [2.05, 4.69) is 11.4 Å². The third-order valence-electron chi connectivity index (χ3n) is 3.25. The Morgan fingerprint density at radius 3 is 2.72 bits per heavy atom. The Morgan fingerprint density at radius 1 is 1.39 bits per heavy atom. The summed E-state index contributed by atoms with van der Waals surface area (Å²) in [7, 11) is 0. The van der Waals surface area contributed by atoms with Gasteiger partial charge >= 0.3 is 5.97 Å². The van der Waals surface area contributed by atoms with Crippen molar-refractivity contribution in [2.45, 2.75) is 38.6 Å². The number of nitrogens with one attached hydrogen (secondary N) is 1. The first-order valence-electron chi connectivity index (χ1n) is 6.76. The van der Waals surface area contributed by atoms with Crippen LogP contribution in [0.2, 0.25) is 0 Å². The molecule has 1 aromatic rings. The van der Waals surface area contributed by atoms with Crippen LogP contribution < -0.4 is 5.32 Å². The maximum Gasteiger partial charge on any atom is 0.327 e. The van der Waals surface area contributed by atoms with E-state index in [1.54, 1.807) is 0 Å². The highest BCUT2D eigenvalue weighted by molar-refractivity contribution is 5.78. The topological polar surface area (TPSA) is 38.3 Å². The first kappa shape index (κ1) is 13.1. The molecular weight excluding hydrogens is 226 g/mol. The summed E-state index contributed by atoms with van der Waals surface area (Å²) in [4.78, 5) is 12.0. The van der Waals surface area contributed by atoms with E-state index in [1.165, 1.54) is 18.4 Å². The Morgan fingerprint density at radius 2 is 2.11 bits per heavy atom. The molecule has 1 aliphatic rings. The fraction of sp³-hybridized carbons (Fsp3) is 0.533. The van der Waals surface area contributed by atoms with Gasteiger partial charge in [0.15, 0.2) is 0 Å². The zero-order valence-corrected chi connectivity index (χ0v) is 11.1. The van der Waals surface area contributed by atoms with E-state index in [-0.39, 0.29) is 12.0 Å². The Labute approximate surface area is 109 Å². The summed E-state index contributed by atoms with van der Waals surface area (Å²) in [6.07, 6.45) is 2.47. The van der Waals surface area contributed by atoms with Crippen LogP contribution >= 0.6 is 0 Å². The van der Waals surface area contributed by atoms with Crippen LogP contribution in [-0.2, 0) is 9.53 Å². The number of hydrogen-bond donors (Lipinski definition) is 1. The number of carbonyl (C=O) groups excluding carboxylic acids is 1. The van der Waals surface area contributed by atoms with Gasteiger partial charge < -0.3 is 10.1 Å². The molecule has 1 N–H and O–H groups in total. The average molecular weight is 247 g/mol. The zero-order valence-electron chi connectivity index (χ0n) is 11.1. The van der Waals surface area contributed by atoms with Crippen molar-refractivity contribution in [2.75, 3.05) is 13.2 Å². The lowest BCUT2D eigenvalue weighted by Gasteiger charge is -2.19. The van der Waals surface area contributed by atoms with Gasteiger partial charge in [-0.1, -0.05) is 31.2 Å². The summed E-state index contributed by atoms with van der Waals surface area (Å²) >= 11 is 0. The van der Waals surface area contributed by atoms with Crippen LogP contribution in [0.15, 0.2) is 24.3 Å². The van der Waals surface area contributed by atoms with Crippen LogP contribution in [0.1, 0.15) is 49.8 Å². The summed E-state index contributed by atoms with van der Waals surface area (Å²) in [6.45, 7) is 5.02. The molecular formula is C15H21NO2. The molecule has 0 spiro atoms. The minimum Gasteiger partial charge on any atom is -0.465 e. The highest BCUT2D eigenvalue weighted by Crippen LogP contribution is 2.43. The molecule has 0 radical (unpaired) electrons. The smallest absolute Gasteiger partial charge is 0.327 e. The average Bonchev–Trinajstić information content (AvgIpc) is 3.20.